The highest BCUT2D eigenvalue weighted by Gasteiger charge is 2.45. The van der Waals surface area contributed by atoms with Crippen LogP contribution in [0.5, 0.6) is 0 Å². The Balaban J connectivity index is 2.34. The molecule has 1 fully saturated rings. The third-order valence-electron chi connectivity index (χ3n) is 2.40. The van der Waals surface area contributed by atoms with Gasteiger partial charge in [0.15, 0.2) is 0 Å². The first-order valence-electron chi connectivity index (χ1n) is 4.06. The summed E-state index contributed by atoms with van der Waals surface area (Å²) in [7, 11) is 0. The highest BCUT2D eigenvalue weighted by atomic mass is 15.0. The first-order chi connectivity index (χ1) is 5.77. The lowest BCUT2D eigenvalue weighted by atomic mass is 10.1. The molecule has 0 aliphatic heterocycles. The molecule has 0 spiro atoms. The van der Waals surface area contributed by atoms with Crippen LogP contribution in [0.2, 0.25) is 0 Å². The molecule has 1 aromatic rings. The smallest absolute Gasteiger partial charge is 0.138 e. The minimum atomic E-state index is 0.0510. The molecule has 64 valence electrons. The number of nitrogen functional groups attached to an aromatic ring is 1. The molecule has 4 nitrogen and oxygen atoms in total. The van der Waals surface area contributed by atoms with Crippen LogP contribution >= 0.6 is 0 Å². The van der Waals surface area contributed by atoms with Crippen molar-refractivity contribution in [1.82, 2.24) is 9.97 Å². The molecule has 0 atom stereocenters. The van der Waals surface area contributed by atoms with E-state index in [0.29, 0.717) is 12.4 Å². The molecule has 0 aromatic carbocycles. The molecular weight excluding hydrogens is 152 g/mol. The summed E-state index contributed by atoms with van der Waals surface area (Å²) in [4.78, 5) is 8.34. The standard InChI is InChI=1S/C8H12N4/c9-5-8(2-3-8)7-11-4-1-6(10)12-7/h1,4H,2-3,5,9H2,(H2,10,11,12). The lowest BCUT2D eigenvalue weighted by molar-refractivity contribution is 0.650. The Kier molecular flexibility index (Phi) is 1.51. The minimum absolute atomic E-state index is 0.0510. The monoisotopic (exact) mass is 164 g/mol. The number of nitrogens with two attached hydrogens (primary N) is 2. The Morgan fingerprint density at radius 3 is 2.75 bits per heavy atom. The van der Waals surface area contributed by atoms with Gasteiger partial charge in [-0.2, -0.15) is 0 Å². The molecule has 1 aromatic heterocycles. The van der Waals surface area contributed by atoms with Crippen LogP contribution < -0.4 is 11.5 Å². The predicted molar refractivity (Wildman–Crippen MR) is 46.4 cm³/mol. The van der Waals surface area contributed by atoms with Crippen molar-refractivity contribution in [2.45, 2.75) is 18.3 Å². The molecule has 0 saturated heterocycles. The first kappa shape index (κ1) is 7.49. The molecule has 0 unspecified atom stereocenters. The van der Waals surface area contributed by atoms with Crippen molar-refractivity contribution in [2.75, 3.05) is 12.3 Å². The summed E-state index contributed by atoms with van der Waals surface area (Å²) in [5.74, 6) is 1.34. The van der Waals surface area contributed by atoms with E-state index in [9.17, 15) is 0 Å². The van der Waals surface area contributed by atoms with Gasteiger partial charge in [-0.3, -0.25) is 0 Å². The molecule has 0 bridgehead atoms. The third kappa shape index (κ3) is 1.04. The van der Waals surface area contributed by atoms with Crippen molar-refractivity contribution >= 4 is 5.82 Å². The molecule has 0 radical (unpaired) electrons. The Morgan fingerprint density at radius 1 is 1.50 bits per heavy atom. The topological polar surface area (TPSA) is 77.8 Å². The Labute approximate surface area is 71.0 Å². The fraction of sp³-hybridized carbons (Fsp3) is 0.500. The van der Waals surface area contributed by atoms with Gasteiger partial charge in [-0.05, 0) is 18.9 Å². The first-order valence-corrected chi connectivity index (χ1v) is 4.06. The molecule has 4 N–H and O–H groups in total. The largest absolute Gasteiger partial charge is 0.384 e. The zero-order valence-electron chi connectivity index (χ0n) is 6.83. The van der Waals surface area contributed by atoms with E-state index in [2.05, 4.69) is 9.97 Å². The second-order valence-corrected chi connectivity index (χ2v) is 3.29. The van der Waals surface area contributed by atoms with Gasteiger partial charge < -0.3 is 11.5 Å². The molecule has 4 heteroatoms. The Bertz CT molecular complexity index is 293. The zero-order chi connectivity index (χ0) is 8.60. The fourth-order valence-corrected chi connectivity index (χ4v) is 1.30. The van der Waals surface area contributed by atoms with Gasteiger partial charge in [-0.25, -0.2) is 9.97 Å². The van der Waals surface area contributed by atoms with E-state index in [1.807, 2.05) is 0 Å². The van der Waals surface area contributed by atoms with E-state index in [1.54, 1.807) is 12.3 Å². The van der Waals surface area contributed by atoms with Crippen molar-refractivity contribution in [3.8, 4) is 0 Å². The van der Waals surface area contributed by atoms with Gasteiger partial charge in [0.05, 0.1) is 0 Å². The molecule has 2 rings (SSSR count). The molecule has 12 heavy (non-hydrogen) atoms. The van der Waals surface area contributed by atoms with Crippen molar-refractivity contribution in [2.24, 2.45) is 5.73 Å². The third-order valence-corrected chi connectivity index (χ3v) is 2.40. The van der Waals surface area contributed by atoms with Crippen molar-refractivity contribution in [3.63, 3.8) is 0 Å². The maximum Gasteiger partial charge on any atom is 0.138 e. The predicted octanol–water partition coefficient (Wildman–Crippen LogP) is 0.0491. The molecule has 0 amide bonds. The summed E-state index contributed by atoms with van der Waals surface area (Å²) >= 11 is 0. The summed E-state index contributed by atoms with van der Waals surface area (Å²) in [6.45, 7) is 0.621. The van der Waals surface area contributed by atoms with Gasteiger partial charge in [0.2, 0.25) is 0 Å². The van der Waals surface area contributed by atoms with E-state index < -0.39 is 0 Å². The van der Waals surface area contributed by atoms with Crippen LogP contribution in [-0.2, 0) is 5.41 Å². The molecule has 1 aliphatic rings. The molecule has 1 saturated carbocycles. The fourth-order valence-electron chi connectivity index (χ4n) is 1.30. The summed E-state index contributed by atoms with van der Waals surface area (Å²) in [6.07, 6.45) is 3.87. The average molecular weight is 164 g/mol. The zero-order valence-corrected chi connectivity index (χ0v) is 6.83. The number of anilines is 1. The second kappa shape index (κ2) is 2.42. The van der Waals surface area contributed by atoms with Gasteiger partial charge in [0, 0.05) is 18.2 Å². The van der Waals surface area contributed by atoms with Crippen LogP contribution in [0.4, 0.5) is 5.82 Å². The molecular formula is C8H12N4. The maximum atomic E-state index is 5.63. The average Bonchev–Trinajstić information content (AvgIpc) is 2.84. The van der Waals surface area contributed by atoms with Gasteiger partial charge in [-0.1, -0.05) is 0 Å². The van der Waals surface area contributed by atoms with E-state index in [0.717, 1.165) is 18.7 Å². The lowest BCUT2D eigenvalue weighted by Gasteiger charge is -2.09. The molecule has 1 heterocycles. The van der Waals surface area contributed by atoms with E-state index in [4.69, 9.17) is 11.5 Å². The van der Waals surface area contributed by atoms with E-state index in [-0.39, 0.29) is 5.41 Å². The Hall–Kier alpha value is -1.16. The second-order valence-electron chi connectivity index (χ2n) is 3.29. The maximum absolute atomic E-state index is 5.63. The lowest BCUT2D eigenvalue weighted by Crippen LogP contribution is -2.22. The van der Waals surface area contributed by atoms with Crippen LogP contribution in [0.15, 0.2) is 12.3 Å². The van der Waals surface area contributed by atoms with Crippen molar-refractivity contribution in [1.29, 1.82) is 0 Å². The molecule has 1 aliphatic carbocycles. The van der Waals surface area contributed by atoms with E-state index >= 15 is 0 Å². The van der Waals surface area contributed by atoms with Crippen LogP contribution in [-0.4, -0.2) is 16.5 Å². The van der Waals surface area contributed by atoms with E-state index in [1.165, 1.54) is 0 Å². The summed E-state index contributed by atoms with van der Waals surface area (Å²) in [5, 5.41) is 0. The summed E-state index contributed by atoms with van der Waals surface area (Å²) < 4.78 is 0. The normalized spacial score (nSPS) is 19.1. The summed E-state index contributed by atoms with van der Waals surface area (Å²) in [5.41, 5.74) is 11.2. The van der Waals surface area contributed by atoms with Crippen LogP contribution in [0.3, 0.4) is 0 Å². The number of hydrogen-bond donors (Lipinski definition) is 2. The quantitative estimate of drug-likeness (QED) is 0.647. The number of aromatic nitrogens is 2. The van der Waals surface area contributed by atoms with Crippen molar-refractivity contribution in [3.05, 3.63) is 18.1 Å². The minimum Gasteiger partial charge on any atom is -0.384 e. The number of rotatable bonds is 2. The van der Waals surface area contributed by atoms with Crippen LogP contribution in [0.25, 0.3) is 0 Å². The SMILES string of the molecule is NCC1(c2nccc(N)n2)CC1. The van der Waals surface area contributed by atoms with Crippen molar-refractivity contribution < 1.29 is 0 Å². The van der Waals surface area contributed by atoms with Gasteiger partial charge in [0.1, 0.15) is 11.6 Å². The Morgan fingerprint density at radius 2 is 2.25 bits per heavy atom. The summed E-state index contributed by atoms with van der Waals surface area (Å²) in [6, 6.07) is 1.69. The highest BCUT2D eigenvalue weighted by Crippen LogP contribution is 2.45. The number of hydrogen-bond acceptors (Lipinski definition) is 4. The van der Waals surface area contributed by atoms with Crippen LogP contribution in [0.1, 0.15) is 18.7 Å². The van der Waals surface area contributed by atoms with Crippen LogP contribution in [0, 0.1) is 0 Å². The van der Waals surface area contributed by atoms with Gasteiger partial charge in [-0.15, -0.1) is 0 Å². The van der Waals surface area contributed by atoms with Gasteiger partial charge in [0.25, 0.3) is 0 Å². The van der Waals surface area contributed by atoms with Gasteiger partial charge >= 0.3 is 0 Å². The highest BCUT2D eigenvalue weighted by molar-refractivity contribution is 5.29. The number of nitrogens with zero attached hydrogens (tertiary/aromatic N) is 2.